The first-order valence-electron chi connectivity index (χ1n) is 4.79. The lowest BCUT2D eigenvalue weighted by molar-refractivity contribution is 1.03. The van der Waals surface area contributed by atoms with Crippen molar-refractivity contribution >= 4 is 11.8 Å². The van der Waals surface area contributed by atoms with Crippen molar-refractivity contribution in [3.8, 4) is 11.3 Å². The molecule has 0 radical (unpaired) electrons. The van der Waals surface area contributed by atoms with E-state index in [1.807, 2.05) is 42.6 Å². The molecule has 0 bridgehead atoms. The molecule has 1 aromatic heterocycles. The molecule has 1 aliphatic rings. The second kappa shape index (κ2) is 3.20. The third kappa shape index (κ3) is 1.29. The summed E-state index contributed by atoms with van der Waals surface area (Å²) in [7, 11) is 0. The molecule has 2 aromatic rings. The minimum Gasteiger partial charge on any atom is -0.361 e. The van der Waals surface area contributed by atoms with E-state index in [0.717, 1.165) is 22.5 Å². The maximum atomic E-state index is 4.18. The smallest absolute Gasteiger partial charge is 0.102 e. The average molecular weight is 195 g/mol. The maximum absolute atomic E-state index is 4.18. The second-order valence-electron chi connectivity index (χ2n) is 3.36. The van der Waals surface area contributed by atoms with Crippen LogP contribution < -0.4 is 5.32 Å². The first-order valence-corrected chi connectivity index (χ1v) is 4.79. The van der Waals surface area contributed by atoms with Gasteiger partial charge in [0.1, 0.15) is 5.69 Å². The average Bonchev–Trinajstić information content (AvgIpc) is 2.48. The zero-order chi connectivity index (χ0) is 10.1. The van der Waals surface area contributed by atoms with Crippen molar-refractivity contribution < 1.29 is 0 Å². The highest BCUT2D eigenvalue weighted by Crippen LogP contribution is 2.30. The molecule has 1 N–H and O–H groups in total. The topological polar surface area (TPSA) is 37.8 Å². The van der Waals surface area contributed by atoms with Crippen LogP contribution in [0.2, 0.25) is 0 Å². The van der Waals surface area contributed by atoms with E-state index in [-0.39, 0.29) is 0 Å². The number of benzene rings is 1. The molecule has 0 saturated heterocycles. The Morgan fingerprint density at radius 1 is 1.07 bits per heavy atom. The van der Waals surface area contributed by atoms with Crippen LogP contribution in [0.1, 0.15) is 5.56 Å². The molecule has 15 heavy (non-hydrogen) atoms. The predicted octanol–water partition coefficient (Wildman–Crippen LogP) is 2.54. The summed E-state index contributed by atoms with van der Waals surface area (Å²) in [5.41, 5.74) is 4.16. The number of para-hydroxylation sites is 1. The number of hydrogen-bond acceptors (Lipinski definition) is 3. The van der Waals surface area contributed by atoms with Crippen molar-refractivity contribution in [2.75, 3.05) is 5.32 Å². The van der Waals surface area contributed by atoms with E-state index >= 15 is 0 Å². The molecule has 0 fully saturated rings. The number of nitrogens with zero attached hydrogens (tertiary/aromatic N) is 2. The van der Waals surface area contributed by atoms with Crippen LogP contribution in [0, 0.1) is 0 Å². The third-order valence-corrected chi connectivity index (χ3v) is 2.44. The van der Waals surface area contributed by atoms with Crippen LogP contribution in [0.4, 0.5) is 5.69 Å². The number of aromatic nitrogens is 2. The van der Waals surface area contributed by atoms with Crippen LogP contribution in [0.15, 0.2) is 42.7 Å². The minimum atomic E-state index is 0.925. The third-order valence-electron chi connectivity index (χ3n) is 2.44. The zero-order valence-corrected chi connectivity index (χ0v) is 8.01. The van der Waals surface area contributed by atoms with Gasteiger partial charge in [0.25, 0.3) is 0 Å². The molecule has 0 amide bonds. The highest BCUT2D eigenvalue weighted by atomic mass is 15.1. The van der Waals surface area contributed by atoms with Gasteiger partial charge < -0.3 is 5.32 Å². The molecule has 0 aliphatic carbocycles. The van der Waals surface area contributed by atoms with Crippen LogP contribution >= 0.6 is 0 Å². The normalized spacial score (nSPS) is 12.3. The fourth-order valence-electron chi connectivity index (χ4n) is 1.72. The van der Waals surface area contributed by atoms with E-state index in [1.165, 1.54) is 0 Å². The molecule has 0 spiro atoms. The van der Waals surface area contributed by atoms with Gasteiger partial charge in [-0.25, -0.2) is 0 Å². The van der Waals surface area contributed by atoms with E-state index in [1.54, 1.807) is 6.20 Å². The molecular weight excluding hydrogens is 186 g/mol. The molecular formula is C12H9N3. The first kappa shape index (κ1) is 8.17. The van der Waals surface area contributed by atoms with Gasteiger partial charge in [-0.3, -0.25) is 0 Å². The Kier molecular flexibility index (Phi) is 1.75. The van der Waals surface area contributed by atoms with Gasteiger partial charge in [0.05, 0.1) is 6.20 Å². The summed E-state index contributed by atoms with van der Waals surface area (Å²) in [5.74, 6) is 0. The fourth-order valence-corrected chi connectivity index (χ4v) is 1.72. The highest BCUT2D eigenvalue weighted by Gasteiger charge is 2.11. The monoisotopic (exact) mass is 195 g/mol. The molecule has 0 unspecified atom stereocenters. The minimum absolute atomic E-state index is 0.925. The Balaban J connectivity index is 2.33. The maximum Gasteiger partial charge on any atom is 0.102 e. The summed E-state index contributed by atoms with van der Waals surface area (Å²) in [6.45, 7) is 0. The first-order chi connectivity index (χ1) is 7.45. The van der Waals surface area contributed by atoms with Crippen molar-refractivity contribution in [1.82, 2.24) is 10.2 Å². The summed E-state index contributed by atoms with van der Waals surface area (Å²) in [5, 5.41) is 11.3. The van der Waals surface area contributed by atoms with Gasteiger partial charge in [0, 0.05) is 23.0 Å². The molecule has 3 heteroatoms. The van der Waals surface area contributed by atoms with Crippen molar-refractivity contribution in [3.63, 3.8) is 0 Å². The van der Waals surface area contributed by atoms with Crippen LogP contribution in [0.5, 0.6) is 0 Å². The van der Waals surface area contributed by atoms with Gasteiger partial charge in [-0.1, -0.05) is 18.2 Å². The summed E-state index contributed by atoms with van der Waals surface area (Å²) in [6, 6.07) is 10.0. The van der Waals surface area contributed by atoms with Crippen molar-refractivity contribution in [3.05, 3.63) is 48.3 Å². The predicted molar refractivity (Wildman–Crippen MR) is 60.1 cm³/mol. The number of hydrogen-bond donors (Lipinski definition) is 1. The number of rotatable bonds is 0. The number of anilines is 1. The van der Waals surface area contributed by atoms with E-state index in [0.29, 0.717) is 0 Å². The Hall–Kier alpha value is -2.16. The van der Waals surface area contributed by atoms with Gasteiger partial charge in [0.15, 0.2) is 0 Å². The van der Waals surface area contributed by atoms with E-state index < -0.39 is 0 Å². The number of fused-ring (bicyclic) bond motifs is 3. The molecule has 1 aromatic carbocycles. The lowest BCUT2D eigenvalue weighted by Crippen LogP contribution is -1.92. The molecule has 72 valence electrons. The molecule has 0 atom stereocenters. The number of nitrogens with one attached hydrogen (secondary N) is 1. The Morgan fingerprint density at radius 3 is 3.00 bits per heavy atom. The van der Waals surface area contributed by atoms with Crippen molar-refractivity contribution in [2.24, 2.45) is 0 Å². The van der Waals surface area contributed by atoms with E-state index in [2.05, 4.69) is 15.5 Å². The Bertz CT molecular complexity index is 532. The zero-order valence-electron chi connectivity index (χ0n) is 8.01. The summed E-state index contributed by atoms with van der Waals surface area (Å²) in [6.07, 6.45) is 5.63. The molecule has 3 nitrogen and oxygen atoms in total. The highest BCUT2D eigenvalue weighted by molar-refractivity contribution is 5.84. The fraction of sp³-hybridized carbons (Fsp3) is 0. The van der Waals surface area contributed by atoms with Crippen LogP contribution in [0.25, 0.3) is 17.3 Å². The molecule has 1 aliphatic heterocycles. The SMILES string of the molecule is C1=Cc2ccnnc2-c2ccccc2N1. The Morgan fingerprint density at radius 2 is 2.00 bits per heavy atom. The second-order valence-corrected chi connectivity index (χ2v) is 3.36. The van der Waals surface area contributed by atoms with Crippen LogP contribution in [0.3, 0.4) is 0 Å². The summed E-state index contributed by atoms with van der Waals surface area (Å²) >= 11 is 0. The standard InChI is InChI=1S/C12H9N3/c1-2-4-11-10(3-1)12-9(5-7-13-11)6-8-14-15-12/h1-8,13H. The van der Waals surface area contributed by atoms with Gasteiger partial charge in [-0.05, 0) is 18.2 Å². The van der Waals surface area contributed by atoms with E-state index in [9.17, 15) is 0 Å². The lowest BCUT2D eigenvalue weighted by atomic mass is 10.1. The van der Waals surface area contributed by atoms with Crippen LogP contribution in [-0.4, -0.2) is 10.2 Å². The summed E-state index contributed by atoms with van der Waals surface area (Å²) in [4.78, 5) is 0. The van der Waals surface area contributed by atoms with Gasteiger partial charge in [0.2, 0.25) is 0 Å². The van der Waals surface area contributed by atoms with Gasteiger partial charge >= 0.3 is 0 Å². The van der Waals surface area contributed by atoms with Gasteiger partial charge in [-0.2, -0.15) is 5.10 Å². The van der Waals surface area contributed by atoms with Gasteiger partial charge in [-0.15, -0.1) is 5.10 Å². The largest absolute Gasteiger partial charge is 0.361 e. The molecule has 0 saturated carbocycles. The van der Waals surface area contributed by atoms with Crippen LogP contribution in [-0.2, 0) is 0 Å². The Labute approximate surface area is 87.5 Å². The van der Waals surface area contributed by atoms with Crippen molar-refractivity contribution in [2.45, 2.75) is 0 Å². The lowest BCUT2D eigenvalue weighted by Gasteiger charge is -2.06. The van der Waals surface area contributed by atoms with Crippen molar-refractivity contribution in [1.29, 1.82) is 0 Å². The molecule has 3 rings (SSSR count). The summed E-state index contributed by atoms with van der Waals surface area (Å²) < 4.78 is 0. The van der Waals surface area contributed by atoms with E-state index in [4.69, 9.17) is 0 Å². The molecule has 2 heterocycles. The quantitative estimate of drug-likeness (QED) is 0.702.